The van der Waals surface area contributed by atoms with Gasteiger partial charge in [-0.15, -0.1) is 11.8 Å². The van der Waals surface area contributed by atoms with Gasteiger partial charge in [0.15, 0.2) is 0 Å². The van der Waals surface area contributed by atoms with Crippen LogP contribution in [0.15, 0.2) is 29.3 Å². The zero-order chi connectivity index (χ0) is 13.0. The van der Waals surface area contributed by atoms with Gasteiger partial charge in [-0.3, -0.25) is 0 Å². The van der Waals surface area contributed by atoms with Crippen LogP contribution in [0.4, 0.5) is 0 Å². The number of carbonyl (C=O) groups excluding carboxylic acids is 1. The fourth-order valence-corrected chi connectivity index (χ4v) is 2.60. The summed E-state index contributed by atoms with van der Waals surface area (Å²) in [5, 5.41) is 0.970. The molecule has 4 heteroatoms. The van der Waals surface area contributed by atoms with Crippen LogP contribution in [0, 0.1) is 6.92 Å². The van der Waals surface area contributed by atoms with Crippen LogP contribution in [0.5, 0.6) is 0 Å². The highest BCUT2D eigenvalue weighted by molar-refractivity contribution is 7.99. The summed E-state index contributed by atoms with van der Waals surface area (Å²) in [6, 6.07) is 7.88. The number of thioether (sulfide) groups is 1. The second-order valence-electron chi connectivity index (χ2n) is 4.26. The number of nitrogens with zero attached hydrogens (tertiary/aromatic N) is 2. The van der Waals surface area contributed by atoms with Crippen molar-refractivity contribution >= 4 is 28.6 Å². The molecule has 0 saturated carbocycles. The number of benzene rings is 1. The third kappa shape index (κ3) is 3.29. The summed E-state index contributed by atoms with van der Waals surface area (Å²) >= 11 is 1.68. The maximum Gasteiger partial charge on any atom is 0.129 e. The molecule has 0 radical (unpaired) electrons. The van der Waals surface area contributed by atoms with Crippen molar-refractivity contribution < 1.29 is 4.79 Å². The molecule has 1 heterocycles. The molecule has 94 valence electrons. The smallest absolute Gasteiger partial charge is 0.129 e. The van der Waals surface area contributed by atoms with Crippen molar-refractivity contribution in [2.75, 3.05) is 5.75 Å². The van der Waals surface area contributed by atoms with E-state index < -0.39 is 0 Å². The molecule has 0 fully saturated rings. The highest BCUT2D eigenvalue weighted by Gasteiger charge is 2.05. The summed E-state index contributed by atoms with van der Waals surface area (Å²) in [4.78, 5) is 20.0. The molecular weight excluding hydrogens is 244 g/mol. The van der Waals surface area contributed by atoms with Crippen molar-refractivity contribution in [2.45, 2.75) is 31.7 Å². The van der Waals surface area contributed by atoms with Gasteiger partial charge in [0.2, 0.25) is 0 Å². The van der Waals surface area contributed by atoms with Gasteiger partial charge in [0.1, 0.15) is 10.8 Å². The Kier molecular flexibility index (Phi) is 4.31. The molecule has 0 bridgehead atoms. The van der Waals surface area contributed by atoms with E-state index in [1.807, 2.05) is 31.2 Å². The maximum atomic E-state index is 10.9. The summed E-state index contributed by atoms with van der Waals surface area (Å²) in [6.07, 6.45) is 1.54. The molecule has 0 unspecified atom stereocenters. The molecule has 0 aliphatic heterocycles. The minimum atomic E-state index is 0.247. The van der Waals surface area contributed by atoms with Gasteiger partial charge in [0.05, 0.1) is 16.7 Å². The number of hydrogen-bond donors (Lipinski definition) is 0. The Morgan fingerprint density at radius 3 is 2.56 bits per heavy atom. The highest BCUT2D eigenvalue weighted by atomic mass is 32.2. The van der Waals surface area contributed by atoms with Gasteiger partial charge >= 0.3 is 0 Å². The lowest BCUT2D eigenvalue weighted by molar-refractivity contribution is -0.117. The van der Waals surface area contributed by atoms with Crippen LogP contribution in [0.2, 0.25) is 0 Å². The fraction of sp³-hybridized carbons (Fsp3) is 0.357. The molecule has 0 N–H and O–H groups in total. The second-order valence-corrected chi connectivity index (χ2v) is 5.34. The number of carbonyl (C=O) groups is 1. The monoisotopic (exact) mass is 260 g/mol. The summed E-state index contributed by atoms with van der Waals surface area (Å²) in [5.74, 6) is 1.16. The van der Waals surface area contributed by atoms with Crippen LogP contribution in [-0.4, -0.2) is 21.5 Å². The Morgan fingerprint density at radius 2 is 1.89 bits per heavy atom. The van der Waals surface area contributed by atoms with Gasteiger partial charge < -0.3 is 4.79 Å². The Morgan fingerprint density at radius 1 is 1.22 bits per heavy atom. The number of rotatable bonds is 5. The lowest BCUT2D eigenvalue weighted by Gasteiger charge is -2.05. The molecule has 0 amide bonds. The van der Waals surface area contributed by atoms with Crippen LogP contribution in [-0.2, 0) is 4.79 Å². The summed E-state index contributed by atoms with van der Waals surface area (Å²) in [7, 11) is 0. The van der Waals surface area contributed by atoms with Crippen molar-refractivity contribution in [3.63, 3.8) is 0 Å². The topological polar surface area (TPSA) is 42.9 Å². The predicted molar refractivity (Wildman–Crippen MR) is 74.9 cm³/mol. The van der Waals surface area contributed by atoms with Crippen LogP contribution in [0.1, 0.15) is 25.5 Å². The first-order valence-corrected chi connectivity index (χ1v) is 7.01. The first kappa shape index (κ1) is 13.0. The molecule has 0 spiro atoms. The maximum absolute atomic E-state index is 10.9. The van der Waals surface area contributed by atoms with E-state index in [1.54, 1.807) is 18.7 Å². The largest absolute Gasteiger partial charge is 0.300 e. The zero-order valence-corrected chi connectivity index (χ0v) is 11.5. The number of fused-ring (bicyclic) bond motifs is 1. The molecule has 1 aromatic carbocycles. The highest BCUT2D eigenvalue weighted by Crippen LogP contribution is 2.22. The van der Waals surface area contributed by atoms with Crippen molar-refractivity contribution in [2.24, 2.45) is 0 Å². The molecule has 18 heavy (non-hydrogen) atoms. The third-order valence-electron chi connectivity index (χ3n) is 2.61. The van der Waals surface area contributed by atoms with E-state index in [0.717, 1.165) is 33.9 Å². The Hall–Kier alpha value is -1.42. The summed E-state index contributed by atoms with van der Waals surface area (Å²) < 4.78 is 0. The van der Waals surface area contributed by atoms with Crippen molar-refractivity contribution in [3.05, 3.63) is 30.0 Å². The van der Waals surface area contributed by atoms with Gasteiger partial charge in [-0.2, -0.15) is 0 Å². The number of Topliss-reactive ketones (excluding diaryl/α,β-unsaturated/α-hetero) is 1. The Bertz CT molecular complexity index is 569. The number of aryl methyl sites for hydroxylation is 1. The molecule has 2 rings (SSSR count). The van der Waals surface area contributed by atoms with Gasteiger partial charge in [0.25, 0.3) is 0 Å². The van der Waals surface area contributed by atoms with E-state index >= 15 is 0 Å². The second kappa shape index (κ2) is 5.96. The third-order valence-corrected chi connectivity index (χ3v) is 3.77. The van der Waals surface area contributed by atoms with Gasteiger partial charge in [-0.05, 0) is 38.2 Å². The first-order valence-electron chi connectivity index (χ1n) is 6.02. The fourth-order valence-electron chi connectivity index (χ4n) is 1.70. The van der Waals surface area contributed by atoms with Crippen LogP contribution in [0.3, 0.4) is 0 Å². The van der Waals surface area contributed by atoms with Gasteiger partial charge in [-0.1, -0.05) is 12.1 Å². The minimum Gasteiger partial charge on any atom is -0.300 e. The molecule has 0 aliphatic rings. The van der Waals surface area contributed by atoms with Gasteiger partial charge in [-0.25, -0.2) is 9.97 Å². The lowest BCUT2D eigenvalue weighted by Crippen LogP contribution is -1.95. The lowest BCUT2D eigenvalue weighted by atomic mass is 10.3. The van der Waals surface area contributed by atoms with E-state index in [1.165, 1.54) is 0 Å². The van der Waals surface area contributed by atoms with E-state index in [-0.39, 0.29) is 5.78 Å². The number of ketones is 1. The van der Waals surface area contributed by atoms with Crippen LogP contribution < -0.4 is 0 Å². The van der Waals surface area contributed by atoms with Crippen molar-refractivity contribution in [1.29, 1.82) is 0 Å². The van der Waals surface area contributed by atoms with Crippen LogP contribution in [0.25, 0.3) is 11.0 Å². The normalized spacial score (nSPS) is 10.8. The van der Waals surface area contributed by atoms with E-state index in [0.29, 0.717) is 6.42 Å². The molecular formula is C14H16N2OS. The zero-order valence-electron chi connectivity index (χ0n) is 10.6. The standard InChI is InChI=1S/C14H16N2OS/c1-10(17)6-5-9-18-14-11(2)15-12-7-3-4-8-13(12)16-14/h3-4,7-8H,5-6,9H2,1-2H3. The van der Waals surface area contributed by atoms with E-state index in [9.17, 15) is 4.79 Å². The van der Waals surface area contributed by atoms with Crippen molar-refractivity contribution in [1.82, 2.24) is 9.97 Å². The number of para-hydroxylation sites is 2. The van der Waals surface area contributed by atoms with Crippen molar-refractivity contribution in [3.8, 4) is 0 Å². The molecule has 0 saturated heterocycles. The number of hydrogen-bond acceptors (Lipinski definition) is 4. The summed E-state index contributed by atoms with van der Waals surface area (Å²) in [6.45, 7) is 3.61. The molecule has 2 aromatic rings. The Balaban J connectivity index is 2.08. The Labute approximate surface area is 111 Å². The minimum absolute atomic E-state index is 0.247. The van der Waals surface area contributed by atoms with Gasteiger partial charge in [0, 0.05) is 6.42 Å². The summed E-state index contributed by atoms with van der Waals surface area (Å²) in [5.41, 5.74) is 2.82. The molecule has 0 atom stereocenters. The molecule has 3 nitrogen and oxygen atoms in total. The van der Waals surface area contributed by atoms with E-state index in [2.05, 4.69) is 9.97 Å². The molecule has 0 aliphatic carbocycles. The number of aromatic nitrogens is 2. The van der Waals surface area contributed by atoms with E-state index in [4.69, 9.17) is 0 Å². The molecule has 1 aromatic heterocycles. The quantitative estimate of drug-likeness (QED) is 0.610. The average molecular weight is 260 g/mol. The average Bonchev–Trinajstić information content (AvgIpc) is 2.34. The predicted octanol–water partition coefficient (Wildman–Crippen LogP) is 3.40. The SMILES string of the molecule is CC(=O)CCCSc1nc2ccccc2nc1C. The van der Waals surface area contributed by atoms with Crippen LogP contribution >= 0.6 is 11.8 Å². The first-order chi connectivity index (χ1) is 8.66.